The molecule has 0 saturated carbocycles. The standard InChI is InChI=1S/C17H19N5O2/c1-2-22-9-8-18-16(22)15-13(7-10-24-15)19-17(23)14-11-5-3-4-6-12(11)20-21-14/h3-6,8-9,13,15H,2,7,10H2,1H3,(H,19,23)(H,20,21)/t13-,15-/m0/s1. The van der Waals surface area contributed by atoms with Gasteiger partial charge in [0.15, 0.2) is 5.69 Å². The molecule has 1 aliphatic rings. The Morgan fingerprint density at radius 3 is 3.21 bits per heavy atom. The summed E-state index contributed by atoms with van der Waals surface area (Å²) in [5.74, 6) is 0.662. The van der Waals surface area contributed by atoms with Gasteiger partial charge >= 0.3 is 0 Å². The van der Waals surface area contributed by atoms with E-state index in [1.807, 2.05) is 35.0 Å². The van der Waals surface area contributed by atoms with E-state index in [1.54, 1.807) is 6.20 Å². The summed E-state index contributed by atoms with van der Waals surface area (Å²) in [5, 5.41) is 10.9. The van der Waals surface area contributed by atoms with Crippen LogP contribution in [0.3, 0.4) is 0 Å². The summed E-state index contributed by atoms with van der Waals surface area (Å²) < 4.78 is 7.87. The second-order valence-corrected chi connectivity index (χ2v) is 5.85. The normalized spacial score (nSPS) is 20.5. The first-order valence-electron chi connectivity index (χ1n) is 8.14. The molecule has 0 radical (unpaired) electrons. The van der Waals surface area contributed by atoms with Crippen molar-refractivity contribution in [2.45, 2.75) is 32.0 Å². The van der Waals surface area contributed by atoms with Gasteiger partial charge in [-0.1, -0.05) is 18.2 Å². The number of aromatic amines is 1. The average molecular weight is 325 g/mol. The summed E-state index contributed by atoms with van der Waals surface area (Å²) in [6, 6.07) is 7.49. The number of H-pyrrole nitrogens is 1. The smallest absolute Gasteiger partial charge is 0.272 e. The highest BCUT2D eigenvalue weighted by molar-refractivity contribution is 6.04. The number of benzene rings is 1. The topological polar surface area (TPSA) is 84.8 Å². The zero-order valence-electron chi connectivity index (χ0n) is 13.4. The lowest BCUT2D eigenvalue weighted by Crippen LogP contribution is -2.37. The maximum absolute atomic E-state index is 12.7. The van der Waals surface area contributed by atoms with Gasteiger partial charge in [0.25, 0.3) is 5.91 Å². The van der Waals surface area contributed by atoms with Crippen LogP contribution in [0.5, 0.6) is 0 Å². The first-order chi connectivity index (χ1) is 11.8. The van der Waals surface area contributed by atoms with Gasteiger partial charge < -0.3 is 14.6 Å². The van der Waals surface area contributed by atoms with Crippen LogP contribution < -0.4 is 5.32 Å². The van der Waals surface area contributed by atoms with Gasteiger partial charge in [0.1, 0.15) is 11.9 Å². The maximum Gasteiger partial charge on any atom is 0.272 e. The Morgan fingerprint density at radius 1 is 1.46 bits per heavy atom. The molecule has 3 aromatic rings. The molecule has 3 heterocycles. The molecular weight excluding hydrogens is 306 g/mol. The molecule has 1 fully saturated rings. The lowest BCUT2D eigenvalue weighted by atomic mass is 10.1. The van der Waals surface area contributed by atoms with Crippen LogP contribution in [0.1, 0.15) is 35.8 Å². The van der Waals surface area contributed by atoms with Crippen LogP contribution >= 0.6 is 0 Å². The highest BCUT2D eigenvalue weighted by Crippen LogP contribution is 2.28. The number of ether oxygens (including phenoxy) is 1. The molecule has 4 rings (SSSR count). The Labute approximate surface area is 139 Å². The zero-order valence-corrected chi connectivity index (χ0v) is 13.4. The number of fused-ring (bicyclic) bond motifs is 1. The van der Waals surface area contributed by atoms with Gasteiger partial charge in [0.2, 0.25) is 0 Å². The van der Waals surface area contributed by atoms with E-state index >= 15 is 0 Å². The van der Waals surface area contributed by atoms with Crippen molar-refractivity contribution in [2.24, 2.45) is 0 Å². The highest BCUT2D eigenvalue weighted by atomic mass is 16.5. The fourth-order valence-electron chi connectivity index (χ4n) is 3.21. The Bertz CT molecular complexity index is 869. The molecular formula is C17H19N5O2. The van der Waals surface area contributed by atoms with E-state index in [0.717, 1.165) is 29.7 Å². The molecule has 1 amide bonds. The SMILES string of the molecule is CCn1ccnc1[C@H]1OCC[C@@H]1NC(=O)c1n[nH]c2ccccc12. The van der Waals surface area contributed by atoms with E-state index in [-0.39, 0.29) is 18.1 Å². The summed E-state index contributed by atoms with van der Waals surface area (Å²) in [4.78, 5) is 17.1. The van der Waals surface area contributed by atoms with Crippen molar-refractivity contribution in [1.82, 2.24) is 25.1 Å². The maximum atomic E-state index is 12.7. The van der Waals surface area contributed by atoms with Gasteiger partial charge in [-0.2, -0.15) is 5.10 Å². The number of rotatable bonds is 4. The number of para-hydroxylation sites is 1. The molecule has 1 aliphatic heterocycles. The number of hydrogen-bond acceptors (Lipinski definition) is 4. The minimum atomic E-state index is -0.228. The molecule has 1 aromatic carbocycles. The lowest BCUT2D eigenvalue weighted by Gasteiger charge is -2.20. The Hall–Kier alpha value is -2.67. The number of amides is 1. The van der Waals surface area contributed by atoms with E-state index in [1.165, 1.54) is 0 Å². The number of carbonyl (C=O) groups is 1. The van der Waals surface area contributed by atoms with Gasteiger partial charge in [-0.3, -0.25) is 9.89 Å². The van der Waals surface area contributed by atoms with Crippen LogP contribution in [0.2, 0.25) is 0 Å². The van der Waals surface area contributed by atoms with Crippen LogP contribution in [0.25, 0.3) is 10.9 Å². The summed E-state index contributed by atoms with van der Waals surface area (Å²) in [7, 11) is 0. The van der Waals surface area contributed by atoms with Crippen molar-refractivity contribution in [3.8, 4) is 0 Å². The van der Waals surface area contributed by atoms with Gasteiger partial charge in [-0.05, 0) is 19.4 Å². The number of imidazole rings is 1. The van der Waals surface area contributed by atoms with Crippen LogP contribution in [-0.4, -0.2) is 38.3 Å². The predicted octanol–water partition coefficient (Wildman–Crippen LogP) is 2.04. The van der Waals surface area contributed by atoms with Crippen molar-refractivity contribution in [3.05, 3.63) is 48.2 Å². The molecule has 0 bridgehead atoms. The van der Waals surface area contributed by atoms with Crippen LogP contribution in [0, 0.1) is 0 Å². The first-order valence-corrected chi connectivity index (χ1v) is 8.14. The van der Waals surface area contributed by atoms with E-state index in [0.29, 0.717) is 12.3 Å². The molecule has 0 spiro atoms. The zero-order chi connectivity index (χ0) is 16.5. The molecule has 0 unspecified atom stereocenters. The Balaban J connectivity index is 1.57. The molecule has 0 aliphatic carbocycles. The number of carbonyl (C=O) groups excluding carboxylic acids is 1. The van der Waals surface area contributed by atoms with Crippen molar-refractivity contribution in [2.75, 3.05) is 6.61 Å². The van der Waals surface area contributed by atoms with E-state index in [9.17, 15) is 4.79 Å². The fourth-order valence-corrected chi connectivity index (χ4v) is 3.21. The van der Waals surface area contributed by atoms with Crippen LogP contribution in [-0.2, 0) is 11.3 Å². The summed E-state index contributed by atoms with van der Waals surface area (Å²) in [5.41, 5.74) is 1.26. The monoisotopic (exact) mass is 325 g/mol. The Morgan fingerprint density at radius 2 is 2.33 bits per heavy atom. The van der Waals surface area contributed by atoms with Crippen LogP contribution in [0.15, 0.2) is 36.7 Å². The second kappa shape index (κ2) is 6.09. The number of aryl methyl sites for hydroxylation is 1. The molecule has 24 heavy (non-hydrogen) atoms. The lowest BCUT2D eigenvalue weighted by molar-refractivity contribution is 0.0773. The Kier molecular flexibility index (Phi) is 3.78. The first kappa shape index (κ1) is 14.9. The fraction of sp³-hybridized carbons (Fsp3) is 0.353. The summed E-state index contributed by atoms with van der Waals surface area (Å²) in [6.45, 7) is 3.48. The van der Waals surface area contributed by atoms with Gasteiger partial charge in [-0.25, -0.2) is 4.98 Å². The summed E-state index contributed by atoms with van der Waals surface area (Å²) >= 11 is 0. The predicted molar refractivity (Wildman–Crippen MR) is 88.6 cm³/mol. The molecule has 7 nitrogen and oxygen atoms in total. The average Bonchev–Trinajstić information content (AvgIpc) is 3.32. The second-order valence-electron chi connectivity index (χ2n) is 5.85. The third-order valence-corrected chi connectivity index (χ3v) is 4.44. The van der Waals surface area contributed by atoms with Crippen molar-refractivity contribution >= 4 is 16.8 Å². The molecule has 2 atom stereocenters. The molecule has 2 aromatic heterocycles. The number of aromatic nitrogens is 4. The number of nitrogens with one attached hydrogen (secondary N) is 2. The van der Waals surface area contributed by atoms with Gasteiger partial charge in [0, 0.05) is 30.9 Å². The largest absolute Gasteiger partial charge is 0.368 e. The van der Waals surface area contributed by atoms with E-state index in [2.05, 4.69) is 27.4 Å². The van der Waals surface area contributed by atoms with Crippen molar-refractivity contribution in [1.29, 1.82) is 0 Å². The van der Waals surface area contributed by atoms with Crippen molar-refractivity contribution < 1.29 is 9.53 Å². The minimum absolute atomic E-state index is 0.110. The molecule has 2 N–H and O–H groups in total. The molecule has 7 heteroatoms. The third kappa shape index (κ3) is 2.46. The quantitative estimate of drug-likeness (QED) is 0.769. The molecule has 124 valence electrons. The third-order valence-electron chi connectivity index (χ3n) is 4.44. The number of hydrogen-bond donors (Lipinski definition) is 2. The van der Waals surface area contributed by atoms with Gasteiger partial charge in [0.05, 0.1) is 11.6 Å². The van der Waals surface area contributed by atoms with Crippen LogP contribution in [0.4, 0.5) is 0 Å². The van der Waals surface area contributed by atoms with Crippen molar-refractivity contribution in [3.63, 3.8) is 0 Å². The summed E-state index contributed by atoms with van der Waals surface area (Å²) in [6.07, 6.45) is 4.22. The van der Waals surface area contributed by atoms with Gasteiger partial charge in [-0.15, -0.1) is 0 Å². The number of nitrogens with zero attached hydrogens (tertiary/aromatic N) is 3. The van der Waals surface area contributed by atoms with E-state index < -0.39 is 0 Å². The highest BCUT2D eigenvalue weighted by Gasteiger charge is 2.34. The molecule has 1 saturated heterocycles. The minimum Gasteiger partial charge on any atom is -0.368 e. The van der Waals surface area contributed by atoms with E-state index in [4.69, 9.17) is 4.74 Å².